The molecule has 2 heterocycles. The maximum atomic E-state index is 11.3. The van der Waals surface area contributed by atoms with Gasteiger partial charge in [-0.3, -0.25) is 4.79 Å². The van der Waals surface area contributed by atoms with E-state index in [9.17, 15) is 4.79 Å². The summed E-state index contributed by atoms with van der Waals surface area (Å²) in [5.74, 6) is -0.211. The van der Waals surface area contributed by atoms with Crippen LogP contribution in [0.25, 0.3) is 0 Å². The highest BCUT2D eigenvalue weighted by molar-refractivity contribution is 5.67. The summed E-state index contributed by atoms with van der Waals surface area (Å²) in [5, 5.41) is 0. The van der Waals surface area contributed by atoms with Crippen molar-refractivity contribution in [2.45, 2.75) is 64.8 Å². The van der Waals surface area contributed by atoms with Crippen LogP contribution in [-0.2, 0) is 14.3 Å². The molecule has 2 aliphatic rings. The topological polar surface area (TPSA) is 35.5 Å². The number of hydrogen-bond acceptors (Lipinski definition) is 3. The zero-order chi connectivity index (χ0) is 11.9. The Balaban J connectivity index is 2.35. The zero-order valence-corrected chi connectivity index (χ0v) is 10.5. The molecule has 16 heavy (non-hydrogen) atoms. The highest BCUT2D eigenvalue weighted by Crippen LogP contribution is 2.48. The molecule has 2 bridgehead atoms. The summed E-state index contributed by atoms with van der Waals surface area (Å²) in [7, 11) is 0. The SMILES string of the molecule is CC(=O)OC1(C(C)=C(C)C)CC2CCC1O2. The molecule has 3 unspecified atom stereocenters. The summed E-state index contributed by atoms with van der Waals surface area (Å²) >= 11 is 0. The molecule has 90 valence electrons. The van der Waals surface area contributed by atoms with E-state index in [0.717, 1.165) is 24.8 Å². The molecule has 0 saturated carbocycles. The van der Waals surface area contributed by atoms with Crippen LogP contribution in [0, 0.1) is 0 Å². The number of fused-ring (bicyclic) bond motifs is 2. The second-order valence-corrected chi connectivity index (χ2v) is 5.14. The van der Waals surface area contributed by atoms with Gasteiger partial charge in [-0.1, -0.05) is 5.57 Å². The van der Waals surface area contributed by atoms with E-state index in [2.05, 4.69) is 20.8 Å². The lowest BCUT2D eigenvalue weighted by molar-refractivity contribution is -0.158. The largest absolute Gasteiger partial charge is 0.452 e. The van der Waals surface area contributed by atoms with Crippen LogP contribution in [0.5, 0.6) is 0 Å². The van der Waals surface area contributed by atoms with Crippen molar-refractivity contribution >= 4 is 5.97 Å². The molecule has 0 spiro atoms. The van der Waals surface area contributed by atoms with Gasteiger partial charge in [0.1, 0.15) is 6.10 Å². The molecular formula is C13H20O3. The van der Waals surface area contributed by atoms with Gasteiger partial charge in [0.15, 0.2) is 5.60 Å². The maximum Gasteiger partial charge on any atom is 0.303 e. The second kappa shape index (κ2) is 3.88. The van der Waals surface area contributed by atoms with Crippen molar-refractivity contribution in [1.82, 2.24) is 0 Å². The van der Waals surface area contributed by atoms with Gasteiger partial charge in [-0.2, -0.15) is 0 Å². The quantitative estimate of drug-likeness (QED) is 0.534. The van der Waals surface area contributed by atoms with E-state index in [1.54, 1.807) is 0 Å². The van der Waals surface area contributed by atoms with Gasteiger partial charge in [0.2, 0.25) is 0 Å². The average Bonchev–Trinajstić information content (AvgIpc) is 2.75. The minimum Gasteiger partial charge on any atom is -0.452 e. The number of carbonyl (C=O) groups is 1. The van der Waals surface area contributed by atoms with Crippen molar-refractivity contribution in [2.24, 2.45) is 0 Å². The molecule has 0 amide bonds. The van der Waals surface area contributed by atoms with Crippen LogP contribution in [0.15, 0.2) is 11.1 Å². The van der Waals surface area contributed by atoms with Crippen molar-refractivity contribution in [1.29, 1.82) is 0 Å². The van der Waals surface area contributed by atoms with Crippen LogP contribution in [0.2, 0.25) is 0 Å². The molecule has 0 aliphatic carbocycles. The van der Waals surface area contributed by atoms with E-state index < -0.39 is 5.60 Å². The smallest absolute Gasteiger partial charge is 0.303 e. The van der Waals surface area contributed by atoms with Crippen molar-refractivity contribution in [2.75, 3.05) is 0 Å². The lowest BCUT2D eigenvalue weighted by Crippen LogP contribution is -2.45. The minimum absolute atomic E-state index is 0.0660. The van der Waals surface area contributed by atoms with Gasteiger partial charge in [0.05, 0.1) is 6.10 Å². The number of rotatable bonds is 2. The Kier molecular flexibility index (Phi) is 2.82. The summed E-state index contributed by atoms with van der Waals surface area (Å²) in [5.41, 5.74) is 1.90. The lowest BCUT2D eigenvalue weighted by atomic mass is 9.78. The first-order valence-electron chi connectivity index (χ1n) is 5.95. The standard InChI is InChI=1S/C13H20O3/c1-8(2)9(3)13(16-10(4)14)7-11-5-6-12(13)15-11/h11-12H,5-7H2,1-4H3. The summed E-state index contributed by atoms with van der Waals surface area (Å²) in [6.07, 6.45) is 3.27. The number of hydrogen-bond donors (Lipinski definition) is 0. The normalized spacial score (nSPS) is 36.2. The van der Waals surface area contributed by atoms with E-state index in [1.807, 2.05) is 0 Å². The van der Waals surface area contributed by atoms with Crippen LogP contribution >= 0.6 is 0 Å². The van der Waals surface area contributed by atoms with E-state index in [0.29, 0.717) is 0 Å². The predicted octanol–water partition coefficient (Wildman–Crippen LogP) is 2.60. The van der Waals surface area contributed by atoms with Gasteiger partial charge in [0, 0.05) is 13.3 Å². The molecule has 0 aromatic rings. The second-order valence-electron chi connectivity index (χ2n) is 5.14. The molecule has 0 aromatic carbocycles. The fourth-order valence-corrected chi connectivity index (χ4v) is 2.93. The Bertz CT molecular complexity index is 341. The first kappa shape index (κ1) is 11.6. The molecule has 3 atom stereocenters. The lowest BCUT2D eigenvalue weighted by Gasteiger charge is -2.36. The highest BCUT2D eigenvalue weighted by Gasteiger charge is 2.56. The molecule has 0 aromatic heterocycles. The van der Waals surface area contributed by atoms with Gasteiger partial charge in [-0.05, 0) is 39.2 Å². The van der Waals surface area contributed by atoms with Gasteiger partial charge < -0.3 is 9.47 Å². The van der Waals surface area contributed by atoms with E-state index in [1.165, 1.54) is 12.5 Å². The van der Waals surface area contributed by atoms with Crippen LogP contribution in [0.4, 0.5) is 0 Å². The Morgan fingerprint density at radius 2 is 1.94 bits per heavy atom. The Hall–Kier alpha value is -0.830. The monoisotopic (exact) mass is 224 g/mol. The third-order valence-electron chi connectivity index (χ3n) is 3.87. The van der Waals surface area contributed by atoms with Crippen molar-refractivity contribution in [3.8, 4) is 0 Å². The summed E-state index contributed by atoms with van der Waals surface area (Å²) in [6, 6.07) is 0. The molecule has 2 aliphatic heterocycles. The maximum absolute atomic E-state index is 11.3. The van der Waals surface area contributed by atoms with Crippen LogP contribution in [0.3, 0.4) is 0 Å². The first-order chi connectivity index (χ1) is 7.45. The Morgan fingerprint density at radius 3 is 2.31 bits per heavy atom. The molecule has 2 fully saturated rings. The van der Waals surface area contributed by atoms with Crippen molar-refractivity contribution < 1.29 is 14.3 Å². The average molecular weight is 224 g/mol. The van der Waals surface area contributed by atoms with Gasteiger partial charge >= 0.3 is 5.97 Å². The highest BCUT2D eigenvalue weighted by atomic mass is 16.6. The number of carbonyl (C=O) groups excluding carboxylic acids is 1. The molecule has 0 radical (unpaired) electrons. The molecule has 3 heteroatoms. The van der Waals surface area contributed by atoms with Crippen molar-refractivity contribution in [3.63, 3.8) is 0 Å². The number of allylic oxidation sites excluding steroid dienone is 1. The Morgan fingerprint density at radius 1 is 1.25 bits per heavy atom. The third-order valence-corrected chi connectivity index (χ3v) is 3.87. The zero-order valence-electron chi connectivity index (χ0n) is 10.5. The fraction of sp³-hybridized carbons (Fsp3) is 0.769. The summed E-state index contributed by atoms with van der Waals surface area (Å²) in [4.78, 5) is 11.3. The Labute approximate surface area is 96.8 Å². The predicted molar refractivity (Wildman–Crippen MR) is 61.1 cm³/mol. The van der Waals surface area contributed by atoms with E-state index >= 15 is 0 Å². The first-order valence-corrected chi connectivity index (χ1v) is 5.95. The van der Waals surface area contributed by atoms with Gasteiger partial charge in [0.25, 0.3) is 0 Å². The molecule has 0 N–H and O–H groups in total. The fourth-order valence-electron chi connectivity index (χ4n) is 2.93. The third kappa shape index (κ3) is 1.67. The minimum atomic E-state index is -0.479. The van der Waals surface area contributed by atoms with Gasteiger partial charge in [-0.15, -0.1) is 0 Å². The molecule has 2 rings (SSSR count). The van der Waals surface area contributed by atoms with Crippen LogP contribution in [0.1, 0.15) is 47.0 Å². The molecule has 3 nitrogen and oxygen atoms in total. The van der Waals surface area contributed by atoms with Crippen LogP contribution in [-0.4, -0.2) is 23.8 Å². The summed E-state index contributed by atoms with van der Waals surface area (Å²) < 4.78 is 11.5. The number of ether oxygens (including phenoxy) is 2. The molecule has 2 saturated heterocycles. The van der Waals surface area contributed by atoms with E-state index in [4.69, 9.17) is 9.47 Å². The number of esters is 1. The summed E-state index contributed by atoms with van der Waals surface area (Å²) in [6.45, 7) is 7.66. The van der Waals surface area contributed by atoms with E-state index in [-0.39, 0.29) is 18.2 Å². The molecular weight excluding hydrogens is 204 g/mol. The van der Waals surface area contributed by atoms with Crippen LogP contribution < -0.4 is 0 Å². The van der Waals surface area contributed by atoms with Crippen molar-refractivity contribution in [3.05, 3.63) is 11.1 Å². The van der Waals surface area contributed by atoms with Gasteiger partial charge in [-0.25, -0.2) is 0 Å².